The average molecular weight is 416 g/mol. The number of ether oxygens (including phenoxy) is 3. The Hall–Kier alpha value is -2.58. The molecule has 29 heavy (non-hydrogen) atoms. The van der Waals surface area contributed by atoms with Gasteiger partial charge in [-0.2, -0.15) is 0 Å². The molecule has 1 unspecified atom stereocenters. The van der Waals surface area contributed by atoms with Crippen LogP contribution < -0.4 is 14.4 Å². The second-order valence-corrected chi connectivity index (χ2v) is 8.47. The predicted octanol–water partition coefficient (Wildman–Crippen LogP) is 3.35. The van der Waals surface area contributed by atoms with Crippen molar-refractivity contribution in [3.05, 3.63) is 48.0 Å². The molecule has 154 valence electrons. The van der Waals surface area contributed by atoms with Crippen LogP contribution in [0.5, 0.6) is 11.5 Å². The van der Waals surface area contributed by atoms with Crippen LogP contribution in [0.1, 0.15) is 18.4 Å². The first-order valence-electron chi connectivity index (χ1n) is 9.55. The van der Waals surface area contributed by atoms with Crippen LogP contribution >= 0.6 is 0 Å². The Morgan fingerprint density at radius 2 is 1.76 bits per heavy atom. The van der Waals surface area contributed by atoms with E-state index in [1.807, 2.05) is 28.6 Å². The van der Waals surface area contributed by atoms with Gasteiger partial charge in [-0.3, -0.25) is 4.90 Å². The summed E-state index contributed by atoms with van der Waals surface area (Å²) >= 11 is 0. The highest BCUT2D eigenvalue weighted by molar-refractivity contribution is 7.82. The molecule has 1 fully saturated rings. The van der Waals surface area contributed by atoms with Crippen LogP contribution in [0.15, 0.2) is 47.4 Å². The summed E-state index contributed by atoms with van der Waals surface area (Å²) in [5, 5.41) is 0. The molecule has 0 N–H and O–H groups in total. The Morgan fingerprint density at radius 1 is 1.03 bits per heavy atom. The largest absolute Gasteiger partial charge is 0.493 e. The van der Waals surface area contributed by atoms with Crippen LogP contribution in [0.4, 0.5) is 10.5 Å². The van der Waals surface area contributed by atoms with Gasteiger partial charge in [-0.1, -0.05) is 18.2 Å². The van der Waals surface area contributed by atoms with Crippen molar-refractivity contribution < 1.29 is 23.2 Å². The number of hydrogen-bond acceptors (Lipinski definition) is 5. The van der Waals surface area contributed by atoms with Gasteiger partial charge in [0.15, 0.2) is 11.5 Å². The molecule has 1 amide bonds. The normalized spacial score (nSPS) is 18.7. The number of amides is 1. The highest BCUT2D eigenvalue weighted by atomic mass is 32.2. The zero-order valence-electron chi connectivity index (χ0n) is 16.5. The van der Waals surface area contributed by atoms with Crippen molar-refractivity contribution in [1.29, 1.82) is 0 Å². The highest BCUT2D eigenvalue weighted by Gasteiger charge is 2.35. The van der Waals surface area contributed by atoms with Gasteiger partial charge < -0.3 is 14.2 Å². The molecule has 0 radical (unpaired) electrons. The maximum Gasteiger partial charge on any atom is 0.414 e. The first-order chi connectivity index (χ1) is 14.1. The molecule has 0 bridgehead atoms. The third kappa shape index (κ3) is 3.82. The number of carbonyl (C=O) groups excluding carboxylic acids is 1. The number of cyclic esters (lactones) is 1. The SMILES string of the molecule is COc1ccc(S(=O)N2CCC(N3C(=O)OCc4ccccc43)CC2)cc1OC. The van der Waals surface area contributed by atoms with Crippen molar-refractivity contribution in [2.75, 3.05) is 32.2 Å². The smallest absolute Gasteiger partial charge is 0.414 e. The highest BCUT2D eigenvalue weighted by Crippen LogP contribution is 2.33. The van der Waals surface area contributed by atoms with Crippen molar-refractivity contribution in [3.8, 4) is 11.5 Å². The second kappa shape index (κ2) is 8.42. The lowest BCUT2D eigenvalue weighted by Crippen LogP contribution is -2.49. The summed E-state index contributed by atoms with van der Waals surface area (Å²) in [7, 11) is 1.83. The van der Waals surface area contributed by atoms with Crippen LogP contribution in [0.2, 0.25) is 0 Å². The lowest BCUT2D eigenvalue weighted by atomic mass is 10.0. The van der Waals surface area contributed by atoms with E-state index in [2.05, 4.69) is 0 Å². The number of methoxy groups -OCH3 is 2. The minimum atomic E-state index is -1.30. The van der Waals surface area contributed by atoms with Gasteiger partial charge in [-0.15, -0.1) is 0 Å². The summed E-state index contributed by atoms with van der Waals surface area (Å²) in [6, 6.07) is 13.2. The summed E-state index contributed by atoms with van der Waals surface area (Å²) in [6.07, 6.45) is 1.15. The predicted molar refractivity (Wildman–Crippen MR) is 110 cm³/mol. The molecule has 1 atom stereocenters. The zero-order valence-corrected chi connectivity index (χ0v) is 17.3. The summed E-state index contributed by atoms with van der Waals surface area (Å²) in [5.74, 6) is 1.16. The Labute approximate surface area is 172 Å². The fourth-order valence-corrected chi connectivity index (χ4v) is 5.09. The molecular weight excluding hydrogens is 392 g/mol. The lowest BCUT2D eigenvalue weighted by molar-refractivity contribution is 0.136. The number of benzene rings is 2. The summed E-state index contributed by atoms with van der Waals surface area (Å²) in [5.41, 5.74) is 1.94. The fraction of sp³-hybridized carbons (Fsp3) is 0.381. The maximum absolute atomic E-state index is 13.0. The topological polar surface area (TPSA) is 68.3 Å². The molecule has 0 aromatic heterocycles. The van der Waals surface area contributed by atoms with Gasteiger partial charge in [-0.05, 0) is 31.0 Å². The third-order valence-electron chi connectivity index (χ3n) is 5.38. The number of anilines is 1. The molecule has 7 nitrogen and oxygen atoms in total. The zero-order chi connectivity index (χ0) is 20.4. The Balaban J connectivity index is 1.46. The molecule has 2 aliphatic heterocycles. The van der Waals surface area contributed by atoms with E-state index < -0.39 is 11.0 Å². The minimum absolute atomic E-state index is 0.0302. The van der Waals surface area contributed by atoms with Crippen molar-refractivity contribution in [1.82, 2.24) is 4.31 Å². The Bertz CT molecular complexity index is 927. The Morgan fingerprint density at radius 3 is 2.48 bits per heavy atom. The van der Waals surface area contributed by atoms with E-state index in [1.54, 1.807) is 37.3 Å². The van der Waals surface area contributed by atoms with Crippen LogP contribution in [0.3, 0.4) is 0 Å². The van der Waals surface area contributed by atoms with E-state index in [-0.39, 0.29) is 12.1 Å². The number of hydrogen-bond donors (Lipinski definition) is 0. The first-order valence-corrected chi connectivity index (χ1v) is 10.7. The summed E-state index contributed by atoms with van der Waals surface area (Å²) < 4.78 is 30.9. The van der Waals surface area contributed by atoms with Crippen molar-refractivity contribution in [2.45, 2.75) is 30.4 Å². The van der Waals surface area contributed by atoms with Gasteiger partial charge in [0.25, 0.3) is 0 Å². The molecule has 2 aromatic carbocycles. The molecular formula is C21H24N2O5S. The van der Waals surface area contributed by atoms with Crippen LogP contribution in [-0.2, 0) is 22.3 Å². The number of carbonyl (C=O) groups is 1. The molecule has 0 spiro atoms. The van der Waals surface area contributed by atoms with Crippen molar-refractivity contribution in [2.24, 2.45) is 0 Å². The first kappa shape index (κ1) is 19.7. The monoisotopic (exact) mass is 416 g/mol. The van der Waals surface area contributed by atoms with E-state index in [4.69, 9.17) is 14.2 Å². The van der Waals surface area contributed by atoms with Gasteiger partial charge >= 0.3 is 6.09 Å². The van der Waals surface area contributed by atoms with E-state index in [0.29, 0.717) is 36.1 Å². The number of para-hydroxylation sites is 1. The van der Waals surface area contributed by atoms with Crippen LogP contribution in [0.25, 0.3) is 0 Å². The van der Waals surface area contributed by atoms with Crippen LogP contribution in [0, 0.1) is 0 Å². The molecule has 4 rings (SSSR count). The molecule has 0 saturated carbocycles. The molecule has 2 heterocycles. The number of fused-ring (bicyclic) bond motifs is 1. The van der Waals surface area contributed by atoms with Crippen molar-refractivity contribution in [3.63, 3.8) is 0 Å². The van der Waals surface area contributed by atoms with E-state index in [9.17, 15) is 9.00 Å². The quantitative estimate of drug-likeness (QED) is 0.748. The lowest BCUT2D eigenvalue weighted by Gasteiger charge is -2.39. The van der Waals surface area contributed by atoms with Gasteiger partial charge in [0, 0.05) is 30.8 Å². The molecule has 0 aliphatic carbocycles. The van der Waals surface area contributed by atoms with E-state index in [0.717, 1.165) is 24.1 Å². The number of piperidine rings is 1. The Kier molecular flexibility index (Phi) is 5.73. The third-order valence-corrected chi connectivity index (χ3v) is 6.87. The number of nitrogens with zero attached hydrogens (tertiary/aromatic N) is 2. The van der Waals surface area contributed by atoms with Gasteiger partial charge in [0.05, 0.1) is 24.8 Å². The van der Waals surface area contributed by atoms with Gasteiger partial charge in [0.1, 0.15) is 17.6 Å². The maximum atomic E-state index is 13.0. The van der Waals surface area contributed by atoms with E-state index >= 15 is 0 Å². The molecule has 2 aliphatic rings. The molecule has 2 aromatic rings. The average Bonchev–Trinajstić information content (AvgIpc) is 2.78. The number of rotatable bonds is 5. The van der Waals surface area contributed by atoms with Crippen molar-refractivity contribution >= 4 is 22.8 Å². The molecule has 1 saturated heterocycles. The van der Waals surface area contributed by atoms with Crippen LogP contribution in [-0.4, -0.2) is 48.0 Å². The van der Waals surface area contributed by atoms with E-state index in [1.165, 1.54) is 0 Å². The fourth-order valence-electron chi connectivity index (χ4n) is 3.86. The summed E-state index contributed by atoms with van der Waals surface area (Å²) in [6.45, 7) is 1.56. The van der Waals surface area contributed by atoms with Gasteiger partial charge in [-0.25, -0.2) is 13.3 Å². The van der Waals surface area contributed by atoms with Gasteiger partial charge in [0.2, 0.25) is 0 Å². The second-order valence-electron chi connectivity index (χ2n) is 6.98. The molecule has 8 heteroatoms. The summed E-state index contributed by atoms with van der Waals surface area (Å²) in [4.78, 5) is 14.9. The minimum Gasteiger partial charge on any atom is -0.493 e. The standard InChI is InChI=1S/C21H24N2O5S/c1-26-19-8-7-17(13-20(19)27-2)29(25)22-11-9-16(10-12-22)23-18-6-4-3-5-15(18)14-28-21(23)24/h3-8,13,16H,9-12,14H2,1-2H3.